The van der Waals surface area contributed by atoms with E-state index in [9.17, 15) is 13.2 Å². The molecule has 6 heteroatoms. The van der Waals surface area contributed by atoms with E-state index in [1.165, 1.54) is 0 Å². The fourth-order valence-corrected chi connectivity index (χ4v) is 1.90. The van der Waals surface area contributed by atoms with Crippen LogP contribution in [0.5, 0.6) is 0 Å². The maximum absolute atomic E-state index is 10.8. The highest BCUT2D eigenvalue weighted by atomic mass is 32.2. The number of rotatable bonds is 1. The first-order valence-electron chi connectivity index (χ1n) is 3.08. The van der Waals surface area contributed by atoms with E-state index < -0.39 is 21.5 Å². The van der Waals surface area contributed by atoms with E-state index in [4.69, 9.17) is 0 Å². The minimum Gasteiger partial charge on any atom is -0.443 e. The standard InChI is InChI=1S/C5H8O5S/c1-4(6)10-5-2-3-9-11(5,7)8/h5H,2-3H2,1H3. The molecule has 1 fully saturated rings. The number of carbonyl (C=O) groups is 1. The van der Waals surface area contributed by atoms with Crippen LogP contribution in [-0.2, 0) is 23.8 Å². The largest absolute Gasteiger partial charge is 0.443 e. The van der Waals surface area contributed by atoms with Crippen LogP contribution < -0.4 is 0 Å². The molecule has 1 aliphatic heterocycles. The Morgan fingerprint density at radius 2 is 2.27 bits per heavy atom. The average molecular weight is 180 g/mol. The van der Waals surface area contributed by atoms with E-state index in [1.54, 1.807) is 0 Å². The number of ether oxygens (including phenoxy) is 1. The van der Waals surface area contributed by atoms with Gasteiger partial charge < -0.3 is 4.74 Å². The Labute approximate surface area is 64.4 Å². The zero-order valence-electron chi connectivity index (χ0n) is 5.94. The summed E-state index contributed by atoms with van der Waals surface area (Å²) in [6, 6.07) is 0. The van der Waals surface area contributed by atoms with Gasteiger partial charge in [-0.25, -0.2) is 0 Å². The summed E-state index contributed by atoms with van der Waals surface area (Å²) >= 11 is 0. The fraction of sp³-hybridized carbons (Fsp3) is 0.800. The van der Waals surface area contributed by atoms with Crippen LogP contribution >= 0.6 is 0 Å². The van der Waals surface area contributed by atoms with Gasteiger partial charge in [0, 0.05) is 13.3 Å². The van der Waals surface area contributed by atoms with E-state index in [2.05, 4.69) is 8.92 Å². The molecule has 5 nitrogen and oxygen atoms in total. The number of esters is 1. The second kappa shape index (κ2) is 2.78. The molecule has 0 spiro atoms. The van der Waals surface area contributed by atoms with Crippen LogP contribution in [0.2, 0.25) is 0 Å². The van der Waals surface area contributed by atoms with E-state index in [0.717, 1.165) is 6.92 Å². The topological polar surface area (TPSA) is 69.7 Å². The Morgan fingerprint density at radius 3 is 2.64 bits per heavy atom. The normalized spacial score (nSPS) is 28.3. The summed E-state index contributed by atoms with van der Waals surface area (Å²) in [5.41, 5.74) is -1.10. The zero-order chi connectivity index (χ0) is 8.48. The monoisotopic (exact) mass is 180 g/mol. The third-order valence-corrected chi connectivity index (χ3v) is 2.69. The maximum Gasteiger partial charge on any atom is 0.306 e. The highest BCUT2D eigenvalue weighted by Crippen LogP contribution is 2.18. The second-order valence-electron chi connectivity index (χ2n) is 2.14. The first kappa shape index (κ1) is 8.48. The van der Waals surface area contributed by atoms with Crippen molar-refractivity contribution >= 4 is 16.1 Å². The van der Waals surface area contributed by atoms with Gasteiger partial charge in [-0.05, 0) is 0 Å². The van der Waals surface area contributed by atoms with Crippen molar-refractivity contribution < 1.29 is 22.1 Å². The molecule has 0 aromatic heterocycles. The number of carbonyl (C=O) groups excluding carboxylic acids is 1. The van der Waals surface area contributed by atoms with Gasteiger partial charge in [0.15, 0.2) is 0 Å². The molecule has 1 aliphatic rings. The molecule has 1 rings (SSSR count). The lowest BCUT2D eigenvalue weighted by molar-refractivity contribution is -0.142. The molecule has 0 saturated carbocycles. The predicted octanol–water partition coefficient (Wildman–Crippen LogP) is -0.374. The minimum atomic E-state index is -3.63. The van der Waals surface area contributed by atoms with Gasteiger partial charge in [0.25, 0.3) is 0 Å². The molecule has 0 aromatic carbocycles. The molecular weight excluding hydrogens is 172 g/mol. The maximum atomic E-state index is 10.8. The number of hydrogen-bond acceptors (Lipinski definition) is 5. The first-order chi connectivity index (χ1) is 5.02. The molecule has 0 N–H and O–H groups in total. The third kappa shape index (κ3) is 1.90. The van der Waals surface area contributed by atoms with E-state index in [-0.39, 0.29) is 13.0 Å². The molecule has 64 valence electrons. The van der Waals surface area contributed by atoms with Gasteiger partial charge in [-0.2, -0.15) is 8.42 Å². The van der Waals surface area contributed by atoms with Gasteiger partial charge in [-0.1, -0.05) is 0 Å². The predicted molar refractivity (Wildman–Crippen MR) is 35.0 cm³/mol. The Bertz CT molecular complexity index is 254. The summed E-state index contributed by atoms with van der Waals surface area (Å²) in [5.74, 6) is -0.607. The summed E-state index contributed by atoms with van der Waals surface area (Å²) in [5, 5.41) is 0. The third-order valence-electron chi connectivity index (χ3n) is 1.22. The smallest absolute Gasteiger partial charge is 0.306 e. The van der Waals surface area contributed by atoms with Gasteiger partial charge in [0.2, 0.25) is 5.44 Å². The molecule has 11 heavy (non-hydrogen) atoms. The Hall–Kier alpha value is -0.620. The van der Waals surface area contributed by atoms with Gasteiger partial charge in [-0.15, -0.1) is 0 Å². The summed E-state index contributed by atoms with van der Waals surface area (Å²) in [6.45, 7) is 1.26. The van der Waals surface area contributed by atoms with Crippen molar-refractivity contribution in [1.82, 2.24) is 0 Å². The Kier molecular flexibility index (Phi) is 2.15. The van der Waals surface area contributed by atoms with Crippen molar-refractivity contribution in [3.8, 4) is 0 Å². The van der Waals surface area contributed by atoms with Gasteiger partial charge in [-0.3, -0.25) is 8.98 Å². The van der Waals surface area contributed by atoms with Crippen LogP contribution in [0.1, 0.15) is 13.3 Å². The molecular formula is C5H8O5S. The first-order valence-corrected chi connectivity index (χ1v) is 4.55. The lowest BCUT2D eigenvalue weighted by Gasteiger charge is -2.05. The van der Waals surface area contributed by atoms with Crippen molar-refractivity contribution in [2.24, 2.45) is 0 Å². The van der Waals surface area contributed by atoms with Gasteiger partial charge >= 0.3 is 16.1 Å². The van der Waals surface area contributed by atoms with Crippen molar-refractivity contribution in [2.45, 2.75) is 18.8 Å². The zero-order valence-corrected chi connectivity index (χ0v) is 6.76. The van der Waals surface area contributed by atoms with E-state index in [1.807, 2.05) is 0 Å². The van der Waals surface area contributed by atoms with Gasteiger partial charge in [0.1, 0.15) is 0 Å². The van der Waals surface area contributed by atoms with Gasteiger partial charge in [0.05, 0.1) is 6.61 Å². The highest BCUT2D eigenvalue weighted by molar-refractivity contribution is 7.87. The minimum absolute atomic E-state index is 0.0975. The molecule has 0 aliphatic carbocycles. The lowest BCUT2D eigenvalue weighted by Crippen LogP contribution is -2.21. The molecule has 1 saturated heterocycles. The van der Waals surface area contributed by atoms with Crippen molar-refractivity contribution in [1.29, 1.82) is 0 Å². The van der Waals surface area contributed by atoms with Crippen molar-refractivity contribution in [3.63, 3.8) is 0 Å². The fourth-order valence-electron chi connectivity index (χ4n) is 0.784. The molecule has 0 radical (unpaired) electrons. The molecule has 0 amide bonds. The van der Waals surface area contributed by atoms with E-state index in [0.29, 0.717) is 0 Å². The van der Waals surface area contributed by atoms with Crippen LogP contribution in [0.3, 0.4) is 0 Å². The lowest BCUT2D eigenvalue weighted by atomic mass is 10.5. The van der Waals surface area contributed by atoms with Crippen molar-refractivity contribution in [2.75, 3.05) is 6.61 Å². The van der Waals surface area contributed by atoms with Crippen LogP contribution in [0.4, 0.5) is 0 Å². The summed E-state index contributed by atoms with van der Waals surface area (Å²) in [6.07, 6.45) is 0.224. The molecule has 0 bridgehead atoms. The molecule has 1 unspecified atom stereocenters. The summed E-state index contributed by atoms with van der Waals surface area (Å²) in [4.78, 5) is 10.3. The van der Waals surface area contributed by atoms with Crippen LogP contribution in [0.25, 0.3) is 0 Å². The molecule has 1 atom stereocenters. The van der Waals surface area contributed by atoms with Crippen LogP contribution in [-0.4, -0.2) is 26.4 Å². The average Bonchev–Trinajstić information content (AvgIpc) is 2.10. The van der Waals surface area contributed by atoms with E-state index >= 15 is 0 Å². The van der Waals surface area contributed by atoms with Crippen molar-refractivity contribution in [3.05, 3.63) is 0 Å². The summed E-state index contributed by atoms with van der Waals surface area (Å²) in [7, 11) is -3.63. The molecule has 1 heterocycles. The summed E-state index contributed by atoms with van der Waals surface area (Å²) < 4.78 is 30.4. The quantitative estimate of drug-likeness (QED) is 0.406. The highest BCUT2D eigenvalue weighted by Gasteiger charge is 2.35. The Morgan fingerprint density at radius 1 is 1.64 bits per heavy atom. The Balaban J connectivity index is 2.66. The molecule has 0 aromatic rings. The van der Waals surface area contributed by atoms with Crippen LogP contribution in [0.15, 0.2) is 0 Å². The van der Waals surface area contributed by atoms with Crippen LogP contribution in [0, 0.1) is 0 Å². The number of hydrogen-bond donors (Lipinski definition) is 0. The SMILES string of the molecule is CC(=O)OC1CCOS1(=O)=O. The second-order valence-corrected chi connectivity index (χ2v) is 3.89.